The first-order valence-electron chi connectivity index (χ1n) is 9.10. The summed E-state index contributed by atoms with van der Waals surface area (Å²) in [4.78, 5) is 34.4. The summed E-state index contributed by atoms with van der Waals surface area (Å²) in [6.07, 6.45) is 5.33. The van der Waals surface area contributed by atoms with Gasteiger partial charge in [-0.15, -0.1) is 11.3 Å². The molecule has 3 rings (SSSR count). The number of carbonyl (C=O) groups is 2. The highest BCUT2D eigenvalue weighted by Crippen LogP contribution is 2.17. The Balaban J connectivity index is 1.54. The molecule has 0 spiro atoms. The molecule has 0 aromatic carbocycles. The van der Waals surface area contributed by atoms with E-state index in [2.05, 4.69) is 20.2 Å². The lowest BCUT2D eigenvalue weighted by Gasteiger charge is -2.24. The van der Waals surface area contributed by atoms with E-state index >= 15 is 0 Å². The van der Waals surface area contributed by atoms with Gasteiger partial charge in [-0.25, -0.2) is 4.98 Å². The van der Waals surface area contributed by atoms with Crippen LogP contribution in [0.4, 0.5) is 0 Å². The predicted octanol–water partition coefficient (Wildman–Crippen LogP) is 2.70. The summed E-state index contributed by atoms with van der Waals surface area (Å²) < 4.78 is 0. The molecular weight excluding hydrogens is 348 g/mol. The van der Waals surface area contributed by atoms with Crippen molar-refractivity contribution in [3.05, 3.63) is 39.6 Å². The third-order valence-electron chi connectivity index (χ3n) is 4.79. The molecule has 6 nitrogen and oxygen atoms in total. The highest BCUT2D eigenvalue weighted by molar-refractivity contribution is 7.12. The van der Waals surface area contributed by atoms with E-state index in [1.54, 1.807) is 13.3 Å². The highest BCUT2D eigenvalue weighted by atomic mass is 32.1. The lowest BCUT2D eigenvalue weighted by molar-refractivity contribution is -0.121. The monoisotopic (exact) mass is 374 g/mol. The quantitative estimate of drug-likeness (QED) is 0.762. The van der Waals surface area contributed by atoms with Crippen molar-refractivity contribution in [2.75, 3.05) is 13.1 Å². The first kappa shape index (κ1) is 18.8. The number of thiophene rings is 1. The summed E-state index contributed by atoms with van der Waals surface area (Å²) in [6.45, 7) is 6.28. The van der Waals surface area contributed by atoms with Gasteiger partial charge in [-0.1, -0.05) is 6.42 Å². The molecule has 1 aliphatic rings. The van der Waals surface area contributed by atoms with E-state index in [-0.39, 0.29) is 17.7 Å². The van der Waals surface area contributed by atoms with Gasteiger partial charge in [0, 0.05) is 24.8 Å². The number of aromatic amines is 1. The van der Waals surface area contributed by atoms with Crippen LogP contribution in [0.2, 0.25) is 0 Å². The maximum atomic E-state index is 12.4. The molecule has 0 bridgehead atoms. The molecule has 140 valence electrons. The lowest BCUT2D eigenvalue weighted by Crippen LogP contribution is -2.43. The maximum Gasteiger partial charge on any atom is 0.224 e. The van der Waals surface area contributed by atoms with Crippen LogP contribution < -0.4 is 5.32 Å². The summed E-state index contributed by atoms with van der Waals surface area (Å²) >= 11 is 1.41. The van der Waals surface area contributed by atoms with Gasteiger partial charge in [0.05, 0.1) is 23.3 Å². The van der Waals surface area contributed by atoms with Crippen molar-refractivity contribution in [3.63, 3.8) is 0 Å². The fourth-order valence-corrected chi connectivity index (χ4v) is 4.17. The van der Waals surface area contributed by atoms with E-state index < -0.39 is 0 Å². The Bertz CT molecular complexity index is 767. The van der Waals surface area contributed by atoms with Gasteiger partial charge in [-0.05, 0) is 50.2 Å². The number of hydrogen-bond donors (Lipinski definition) is 2. The number of aromatic nitrogens is 2. The van der Waals surface area contributed by atoms with Gasteiger partial charge in [0.15, 0.2) is 5.78 Å². The molecule has 7 heteroatoms. The van der Waals surface area contributed by atoms with Crippen LogP contribution in [0.5, 0.6) is 0 Å². The molecule has 2 N–H and O–H groups in total. The Morgan fingerprint density at radius 2 is 2.27 bits per heavy atom. The van der Waals surface area contributed by atoms with Crippen LogP contribution in [0.25, 0.3) is 0 Å². The summed E-state index contributed by atoms with van der Waals surface area (Å²) in [5, 5.41) is 5.08. The topological polar surface area (TPSA) is 78.1 Å². The number of likely N-dealkylation sites (tertiary alicyclic amines) is 1. The first-order valence-corrected chi connectivity index (χ1v) is 9.98. The summed E-state index contributed by atoms with van der Waals surface area (Å²) in [5.41, 5.74) is 3.09. The molecule has 0 radical (unpaired) electrons. The summed E-state index contributed by atoms with van der Waals surface area (Å²) in [5.74, 6) is 0.0791. The van der Waals surface area contributed by atoms with Crippen LogP contribution in [-0.2, 0) is 17.8 Å². The van der Waals surface area contributed by atoms with Gasteiger partial charge in [-0.3, -0.25) is 14.5 Å². The predicted molar refractivity (Wildman–Crippen MR) is 102 cm³/mol. The van der Waals surface area contributed by atoms with Crippen molar-refractivity contribution in [2.24, 2.45) is 0 Å². The second-order valence-electron chi connectivity index (χ2n) is 7.02. The molecule has 1 saturated heterocycles. The molecule has 3 heterocycles. The van der Waals surface area contributed by atoms with Crippen molar-refractivity contribution in [2.45, 2.75) is 52.1 Å². The number of rotatable bonds is 6. The van der Waals surface area contributed by atoms with Crippen LogP contribution in [0.3, 0.4) is 0 Å². The SMILES string of the molecule is CC(=O)c1cc(CC(=O)NC2CCCCN(Cc3nc[nH]c3C)C2)cs1. The fraction of sp³-hybridized carbons (Fsp3) is 0.526. The van der Waals surface area contributed by atoms with Crippen LogP contribution >= 0.6 is 11.3 Å². The third-order valence-corrected chi connectivity index (χ3v) is 5.87. The van der Waals surface area contributed by atoms with E-state index in [0.29, 0.717) is 11.3 Å². The molecule has 1 fully saturated rings. The maximum absolute atomic E-state index is 12.4. The smallest absolute Gasteiger partial charge is 0.224 e. The van der Waals surface area contributed by atoms with Crippen LogP contribution in [-0.4, -0.2) is 45.7 Å². The number of Topliss-reactive ketones (excluding diaryl/α,β-unsaturated/α-hetero) is 1. The number of carbonyl (C=O) groups excluding carboxylic acids is 2. The number of imidazole rings is 1. The molecule has 2 aromatic rings. The number of nitrogens with one attached hydrogen (secondary N) is 2. The average molecular weight is 375 g/mol. The molecular formula is C19H26N4O2S. The molecule has 1 aliphatic heterocycles. The zero-order valence-corrected chi connectivity index (χ0v) is 16.2. The second kappa shape index (κ2) is 8.60. The van der Waals surface area contributed by atoms with E-state index in [1.807, 2.05) is 18.4 Å². The second-order valence-corrected chi connectivity index (χ2v) is 7.93. The standard InChI is InChI=1S/C19H26N4O2S/c1-13-17(21-12-20-13)10-23-6-4-3-5-16(9-23)22-19(25)8-15-7-18(14(2)24)26-11-15/h7,11-12,16H,3-6,8-10H2,1-2H3,(H,20,21)(H,22,25). The molecule has 0 saturated carbocycles. The van der Waals surface area contributed by atoms with E-state index in [1.165, 1.54) is 11.3 Å². The number of ketones is 1. The number of nitrogens with zero attached hydrogens (tertiary/aromatic N) is 2. The highest BCUT2D eigenvalue weighted by Gasteiger charge is 2.21. The molecule has 1 amide bonds. The van der Waals surface area contributed by atoms with Gasteiger partial charge in [0.1, 0.15) is 0 Å². The minimum absolute atomic E-state index is 0.0284. The Kier molecular flexibility index (Phi) is 6.21. The third kappa shape index (κ3) is 5.02. The van der Waals surface area contributed by atoms with E-state index in [9.17, 15) is 9.59 Å². The Morgan fingerprint density at radius 1 is 1.42 bits per heavy atom. The minimum atomic E-state index is 0.0284. The van der Waals surface area contributed by atoms with E-state index in [4.69, 9.17) is 0 Å². The van der Waals surface area contributed by atoms with Crippen molar-refractivity contribution in [1.29, 1.82) is 0 Å². The normalized spacial score (nSPS) is 18.5. The average Bonchev–Trinajstić information content (AvgIpc) is 3.14. The minimum Gasteiger partial charge on any atom is -0.352 e. The molecule has 1 atom stereocenters. The first-order chi connectivity index (χ1) is 12.5. The van der Waals surface area contributed by atoms with Crippen molar-refractivity contribution in [1.82, 2.24) is 20.2 Å². The van der Waals surface area contributed by atoms with Gasteiger partial charge >= 0.3 is 0 Å². The Morgan fingerprint density at radius 3 is 2.96 bits per heavy atom. The fourth-order valence-electron chi connectivity index (χ4n) is 3.36. The molecule has 0 aliphatic carbocycles. The van der Waals surface area contributed by atoms with Gasteiger partial charge in [-0.2, -0.15) is 0 Å². The van der Waals surface area contributed by atoms with Crippen molar-refractivity contribution < 1.29 is 9.59 Å². The van der Waals surface area contributed by atoms with Crippen molar-refractivity contribution in [3.8, 4) is 0 Å². The summed E-state index contributed by atoms with van der Waals surface area (Å²) in [6, 6.07) is 1.99. The van der Waals surface area contributed by atoms with Gasteiger partial charge < -0.3 is 10.3 Å². The number of amides is 1. The van der Waals surface area contributed by atoms with E-state index in [0.717, 1.165) is 55.8 Å². The zero-order valence-electron chi connectivity index (χ0n) is 15.4. The molecule has 2 aromatic heterocycles. The van der Waals surface area contributed by atoms with Crippen LogP contribution in [0.1, 0.15) is 52.8 Å². The zero-order chi connectivity index (χ0) is 18.5. The largest absolute Gasteiger partial charge is 0.352 e. The number of hydrogen-bond acceptors (Lipinski definition) is 5. The van der Waals surface area contributed by atoms with Crippen LogP contribution in [0.15, 0.2) is 17.8 Å². The number of aryl methyl sites for hydroxylation is 1. The lowest BCUT2D eigenvalue weighted by atomic mass is 10.1. The van der Waals surface area contributed by atoms with Crippen LogP contribution in [0, 0.1) is 6.92 Å². The Hall–Kier alpha value is -1.99. The summed E-state index contributed by atoms with van der Waals surface area (Å²) in [7, 11) is 0. The van der Waals surface area contributed by atoms with Crippen molar-refractivity contribution >= 4 is 23.0 Å². The van der Waals surface area contributed by atoms with Gasteiger partial charge in [0.2, 0.25) is 5.91 Å². The number of H-pyrrole nitrogens is 1. The molecule has 1 unspecified atom stereocenters. The Labute approximate surface area is 158 Å². The molecule has 26 heavy (non-hydrogen) atoms. The van der Waals surface area contributed by atoms with Gasteiger partial charge in [0.25, 0.3) is 0 Å².